The number of nitrogens with one attached hydrogen (secondary N) is 1. The lowest BCUT2D eigenvalue weighted by atomic mass is 10.1. The smallest absolute Gasteiger partial charge is 0.242 e. The van der Waals surface area contributed by atoms with Crippen molar-refractivity contribution in [2.24, 2.45) is 0 Å². The summed E-state index contributed by atoms with van der Waals surface area (Å²) in [7, 11) is 1.62. The van der Waals surface area contributed by atoms with Crippen molar-refractivity contribution in [3.63, 3.8) is 0 Å². The standard InChI is InChI=1S/C24H32N2O3S/c1-4-5-14-25-24(28)19(2)26(16-21-12-9-13-22(15-21)29-3)23(27)18-30-17-20-10-7-6-8-11-20/h6-13,15,19H,4-5,14,16-18H2,1-3H3,(H,25,28)/t19-/m0/s1. The first-order valence-corrected chi connectivity index (χ1v) is 11.5. The molecule has 0 aromatic heterocycles. The highest BCUT2D eigenvalue weighted by molar-refractivity contribution is 7.99. The lowest BCUT2D eigenvalue weighted by Crippen LogP contribution is -2.48. The van der Waals surface area contributed by atoms with Crippen molar-refractivity contribution in [3.8, 4) is 5.75 Å². The normalized spacial score (nSPS) is 11.6. The number of rotatable bonds is 12. The minimum Gasteiger partial charge on any atom is -0.497 e. The van der Waals surface area contributed by atoms with Gasteiger partial charge in [0.1, 0.15) is 11.8 Å². The highest BCUT2D eigenvalue weighted by Gasteiger charge is 2.26. The first kappa shape index (κ1) is 23.8. The van der Waals surface area contributed by atoms with Gasteiger partial charge in [0.15, 0.2) is 0 Å². The van der Waals surface area contributed by atoms with E-state index in [2.05, 4.69) is 24.4 Å². The molecule has 1 N–H and O–H groups in total. The Hall–Kier alpha value is -2.47. The SMILES string of the molecule is CCCCNC(=O)[C@H](C)N(Cc1cccc(OC)c1)C(=O)CSCc1ccccc1. The molecule has 0 aliphatic rings. The average Bonchev–Trinajstić information content (AvgIpc) is 2.77. The van der Waals surface area contributed by atoms with E-state index >= 15 is 0 Å². The Morgan fingerprint density at radius 1 is 1.10 bits per heavy atom. The molecule has 2 aromatic carbocycles. The van der Waals surface area contributed by atoms with E-state index in [0.717, 1.165) is 29.9 Å². The summed E-state index contributed by atoms with van der Waals surface area (Å²) < 4.78 is 5.30. The third kappa shape index (κ3) is 7.75. The zero-order valence-corrected chi connectivity index (χ0v) is 18.9. The van der Waals surface area contributed by atoms with Crippen LogP contribution in [-0.2, 0) is 21.9 Å². The number of benzene rings is 2. The number of hydrogen-bond acceptors (Lipinski definition) is 4. The van der Waals surface area contributed by atoms with Crippen molar-refractivity contribution in [1.29, 1.82) is 0 Å². The van der Waals surface area contributed by atoms with Crippen LogP contribution in [0.1, 0.15) is 37.8 Å². The summed E-state index contributed by atoms with van der Waals surface area (Å²) >= 11 is 1.56. The molecule has 0 bridgehead atoms. The second-order valence-corrected chi connectivity index (χ2v) is 8.16. The molecule has 0 saturated heterocycles. The number of unbranched alkanes of at least 4 members (excludes halogenated alkanes) is 1. The minimum atomic E-state index is -0.544. The van der Waals surface area contributed by atoms with Gasteiger partial charge in [0, 0.05) is 18.8 Å². The van der Waals surface area contributed by atoms with Gasteiger partial charge in [-0.25, -0.2) is 0 Å². The zero-order valence-electron chi connectivity index (χ0n) is 18.1. The lowest BCUT2D eigenvalue weighted by molar-refractivity contribution is -0.138. The van der Waals surface area contributed by atoms with E-state index in [9.17, 15) is 9.59 Å². The molecule has 0 saturated carbocycles. The number of amides is 2. The number of carbonyl (C=O) groups is 2. The van der Waals surface area contributed by atoms with Crippen LogP contribution in [0, 0.1) is 0 Å². The van der Waals surface area contributed by atoms with Crippen LogP contribution in [0.5, 0.6) is 5.75 Å². The Bertz CT molecular complexity index is 798. The third-order valence-corrected chi connectivity index (χ3v) is 5.81. The van der Waals surface area contributed by atoms with Gasteiger partial charge >= 0.3 is 0 Å². The molecule has 0 fully saturated rings. The second-order valence-electron chi connectivity index (χ2n) is 7.17. The van der Waals surface area contributed by atoms with Gasteiger partial charge < -0.3 is 15.0 Å². The van der Waals surface area contributed by atoms with Crippen molar-refractivity contribution in [2.75, 3.05) is 19.4 Å². The molecule has 0 radical (unpaired) electrons. The van der Waals surface area contributed by atoms with Crippen LogP contribution in [0.3, 0.4) is 0 Å². The molecule has 0 unspecified atom stereocenters. The van der Waals surface area contributed by atoms with Gasteiger partial charge in [-0.3, -0.25) is 9.59 Å². The molecule has 0 aliphatic heterocycles. The molecule has 2 aromatic rings. The van der Waals surface area contributed by atoms with Gasteiger partial charge in [-0.05, 0) is 36.6 Å². The number of methoxy groups -OCH3 is 1. The summed E-state index contributed by atoms with van der Waals surface area (Å²) in [5.41, 5.74) is 2.11. The third-order valence-electron chi connectivity index (χ3n) is 4.82. The topological polar surface area (TPSA) is 58.6 Å². The molecular formula is C24H32N2O3S. The van der Waals surface area contributed by atoms with E-state index < -0.39 is 6.04 Å². The van der Waals surface area contributed by atoms with Crippen molar-refractivity contribution in [1.82, 2.24) is 10.2 Å². The Morgan fingerprint density at radius 2 is 1.83 bits per heavy atom. The van der Waals surface area contributed by atoms with Crippen LogP contribution in [0.4, 0.5) is 0 Å². The molecule has 30 heavy (non-hydrogen) atoms. The van der Waals surface area contributed by atoms with E-state index in [0.29, 0.717) is 18.8 Å². The summed E-state index contributed by atoms with van der Waals surface area (Å²) in [6.45, 7) is 4.87. The van der Waals surface area contributed by atoms with E-state index in [4.69, 9.17) is 4.74 Å². The maximum atomic E-state index is 13.1. The van der Waals surface area contributed by atoms with Crippen LogP contribution in [-0.4, -0.2) is 42.2 Å². The molecule has 0 heterocycles. The Morgan fingerprint density at radius 3 is 2.53 bits per heavy atom. The summed E-state index contributed by atoms with van der Waals surface area (Å²) in [6.07, 6.45) is 1.94. The number of ether oxygens (including phenoxy) is 1. The number of carbonyl (C=O) groups excluding carboxylic acids is 2. The van der Waals surface area contributed by atoms with Gasteiger partial charge in [-0.2, -0.15) is 0 Å². The molecule has 6 heteroatoms. The second kappa shape index (κ2) is 13.0. The Balaban J connectivity index is 2.06. The van der Waals surface area contributed by atoms with Crippen molar-refractivity contribution >= 4 is 23.6 Å². The maximum absolute atomic E-state index is 13.1. The van der Waals surface area contributed by atoms with Crippen molar-refractivity contribution < 1.29 is 14.3 Å². The summed E-state index contributed by atoms with van der Waals surface area (Å²) in [5.74, 6) is 1.66. The molecule has 1 atom stereocenters. The van der Waals surface area contributed by atoms with E-state index in [-0.39, 0.29) is 11.8 Å². The first-order chi connectivity index (χ1) is 14.5. The fourth-order valence-corrected chi connectivity index (χ4v) is 3.87. The summed E-state index contributed by atoms with van der Waals surface area (Å²) in [4.78, 5) is 27.4. The highest BCUT2D eigenvalue weighted by atomic mass is 32.2. The average molecular weight is 429 g/mol. The predicted molar refractivity (Wildman–Crippen MR) is 124 cm³/mol. The molecule has 0 spiro atoms. The van der Waals surface area contributed by atoms with Crippen LogP contribution < -0.4 is 10.1 Å². The predicted octanol–water partition coefficient (Wildman–Crippen LogP) is 4.26. The van der Waals surface area contributed by atoms with E-state index in [1.807, 2.05) is 42.5 Å². The van der Waals surface area contributed by atoms with Crippen LogP contribution >= 0.6 is 11.8 Å². The van der Waals surface area contributed by atoms with Gasteiger partial charge in [0.05, 0.1) is 12.9 Å². The number of nitrogens with zero attached hydrogens (tertiary/aromatic N) is 1. The van der Waals surface area contributed by atoms with Crippen LogP contribution in [0.25, 0.3) is 0 Å². The largest absolute Gasteiger partial charge is 0.497 e. The van der Waals surface area contributed by atoms with Crippen molar-refractivity contribution in [2.45, 2.75) is 45.0 Å². The number of hydrogen-bond donors (Lipinski definition) is 1. The minimum absolute atomic E-state index is 0.0445. The van der Waals surface area contributed by atoms with E-state index in [1.165, 1.54) is 5.56 Å². The Kier molecular flexibility index (Phi) is 10.3. The fraction of sp³-hybridized carbons (Fsp3) is 0.417. The Labute approximate surface area is 184 Å². The first-order valence-electron chi connectivity index (χ1n) is 10.4. The molecule has 2 rings (SSSR count). The van der Waals surface area contributed by atoms with Gasteiger partial charge in [-0.1, -0.05) is 55.8 Å². The molecule has 0 aliphatic carbocycles. The van der Waals surface area contributed by atoms with Crippen LogP contribution in [0.15, 0.2) is 54.6 Å². The lowest BCUT2D eigenvalue weighted by Gasteiger charge is -2.29. The molecule has 5 nitrogen and oxygen atoms in total. The summed E-state index contributed by atoms with van der Waals surface area (Å²) in [6, 6.07) is 17.1. The monoisotopic (exact) mass is 428 g/mol. The molecule has 162 valence electrons. The van der Waals surface area contributed by atoms with Gasteiger partial charge in [0.2, 0.25) is 11.8 Å². The van der Waals surface area contributed by atoms with Crippen LogP contribution in [0.2, 0.25) is 0 Å². The quantitative estimate of drug-likeness (QED) is 0.513. The van der Waals surface area contributed by atoms with Crippen molar-refractivity contribution in [3.05, 3.63) is 65.7 Å². The molecule has 2 amide bonds. The highest BCUT2D eigenvalue weighted by Crippen LogP contribution is 2.18. The van der Waals surface area contributed by atoms with Gasteiger partial charge in [-0.15, -0.1) is 11.8 Å². The van der Waals surface area contributed by atoms with E-state index in [1.54, 1.807) is 30.7 Å². The fourth-order valence-electron chi connectivity index (χ4n) is 3.00. The van der Waals surface area contributed by atoms with Gasteiger partial charge in [0.25, 0.3) is 0 Å². The number of thioether (sulfide) groups is 1. The zero-order chi connectivity index (χ0) is 21.8. The summed E-state index contributed by atoms with van der Waals surface area (Å²) in [5, 5.41) is 2.94. The maximum Gasteiger partial charge on any atom is 0.242 e. The molecular weight excluding hydrogens is 396 g/mol.